The topological polar surface area (TPSA) is 45.7 Å². The van der Waals surface area contributed by atoms with Crippen LogP contribution in [0.1, 0.15) is 5.56 Å². The molecule has 0 amide bonds. The molecule has 0 radical (unpaired) electrons. The average molecular weight is 237 g/mol. The van der Waals surface area contributed by atoms with E-state index in [-0.39, 0.29) is 5.97 Å². The SMILES string of the molecule is COC(=O)CN(C)CN(C)Cc1cccnc1. The van der Waals surface area contributed by atoms with Crippen LogP contribution in [0.15, 0.2) is 24.5 Å². The Hall–Kier alpha value is -1.46. The third kappa shape index (κ3) is 5.42. The largest absolute Gasteiger partial charge is 0.468 e. The first-order chi connectivity index (χ1) is 8.11. The number of carbonyl (C=O) groups is 1. The molecule has 0 bridgehead atoms. The lowest BCUT2D eigenvalue weighted by Crippen LogP contribution is -2.36. The molecule has 17 heavy (non-hydrogen) atoms. The Balaban J connectivity index is 2.34. The minimum absolute atomic E-state index is 0.220. The zero-order chi connectivity index (χ0) is 12.7. The monoisotopic (exact) mass is 237 g/mol. The molecule has 1 aromatic rings. The molecule has 1 aromatic heterocycles. The van der Waals surface area contributed by atoms with E-state index in [1.807, 2.05) is 37.3 Å². The van der Waals surface area contributed by atoms with Gasteiger partial charge in [-0.3, -0.25) is 19.6 Å². The molecular formula is C12H19N3O2. The second-order valence-electron chi connectivity index (χ2n) is 4.11. The molecule has 0 aliphatic heterocycles. The zero-order valence-electron chi connectivity index (χ0n) is 10.6. The van der Waals surface area contributed by atoms with Gasteiger partial charge in [0.15, 0.2) is 0 Å². The van der Waals surface area contributed by atoms with E-state index in [1.165, 1.54) is 7.11 Å². The van der Waals surface area contributed by atoms with Crippen molar-refractivity contribution in [2.45, 2.75) is 6.54 Å². The van der Waals surface area contributed by atoms with Gasteiger partial charge in [0.25, 0.3) is 0 Å². The highest BCUT2D eigenvalue weighted by Crippen LogP contribution is 2.01. The van der Waals surface area contributed by atoms with Crippen LogP contribution in [-0.2, 0) is 16.1 Å². The number of ether oxygens (including phenoxy) is 1. The van der Waals surface area contributed by atoms with Crippen molar-refractivity contribution in [1.82, 2.24) is 14.8 Å². The molecule has 0 spiro atoms. The maximum atomic E-state index is 11.1. The standard InChI is InChI=1S/C12H19N3O2/c1-14(8-11-5-4-6-13-7-11)10-15(2)9-12(16)17-3/h4-7H,8-10H2,1-3H3. The fourth-order valence-electron chi connectivity index (χ4n) is 1.60. The Bertz CT molecular complexity index is 343. The second-order valence-corrected chi connectivity index (χ2v) is 4.11. The van der Waals surface area contributed by atoms with Crippen LogP contribution < -0.4 is 0 Å². The molecule has 0 aromatic carbocycles. The number of likely N-dealkylation sites (N-methyl/N-ethyl adjacent to an activating group) is 1. The fraction of sp³-hybridized carbons (Fsp3) is 0.500. The third-order valence-corrected chi connectivity index (χ3v) is 2.28. The van der Waals surface area contributed by atoms with E-state index >= 15 is 0 Å². The van der Waals surface area contributed by atoms with Crippen molar-refractivity contribution in [3.05, 3.63) is 30.1 Å². The van der Waals surface area contributed by atoms with E-state index in [1.54, 1.807) is 6.20 Å². The van der Waals surface area contributed by atoms with Crippen molar-refractivity contribution >= 4 is 5.97 Å². The lowest BCUT2D eigenvalue weighted by atomic mass is 10.3. The molecule has 94 valence electrons. The van der Waals surface area contributed by atoms with Crippen LogP contribution in [0.25, 0.3) is 0 Å². The van der Waals surface area contributed by atoms with E-state index in [4.69, 9.17) is 0 Å². The molecule has 0 aliphatic carbocycles. The Labute approximate surface area is 102 Å². The first-order valence-electron chi connectivity index (χ1n) is 5.44. The number of hydrogen-bond donors (Lipinski definition) is 0. The molecule has 5 nitrogen and oxygen atoms in total. The molecule has 1 rings (SSSR count). The van der Waals surface area contributed by atoms with Gasteiger partial charge < -0.3 is 4.74 Å². The van der Waals surface area contributed by atoms with E-state index in [2.05, 4.69) is 14.6 Å². The molecule has 0 atom stereocenters. The van der Waals surface area contributed by atoms with Crippen molar-refractivity contribution in [2.75, 3.05) is 34.4 Å². The quantitative estimate of drug-likeness (QED) is 0.535. The minimum atomic E-state index is -0.220. The second kappa shape index (κ2) is 6.98. The summed E-state index contributed by atoms with van der Waals surface area (Å²) < 4.78 is 4.61. The molecule has 0 saturated carbocycles. The zero-order valence-corrected chi connectivity index (χ0v) is 10.6. The highest BCUT2D eigenvalue weighted by atomic mass is 16.5. The van der Waals surface area contributed by atoms with Gasteiger partial charge in [0, 0.05) is 18.9 Å². The lowest BCUT2D eigenvalue weighted by Gasteiger charge is -2.23. The normalized spacial score (nSPS) is 10.9. The van der Waals surface area contributed by atoms with Crippen molar-refractivity contribution in [1.29, 1.82) is 0 Å². The number of carbonyl (C=O) groups excluding carboxylic acids is 1. The molecule has 0 unspecified atom stereocenters. The van der Waals surface area contributed by atoms with Crippen LogP contribution >= 0.6 is 0 Å². The minimum Gasteiger partial charge on any atom is -0.468 e. The van der Waals surface area contributed by atoms with Crippen molar-refractivity contribution < 1.29 is 9.53 Å². The number of esters is 1. The summed E-state index contributed by atoms with van der Waals surface area (Å²) >= 11 is 0. The van der Waals surface area contributed by atoms with Gasteiger partial charge >= 0.3 is 5.97 Å². The average Bonchev–Trinajstić information content (AvgIpc) is 2.29. The predicted molar refractivity (Wildman–Crippen MR) is 65.2 cm³/mol. The molecule has 0 saturated heterocycles. The number of nitrogens with zero attached hydrogens (tertiary/aromatic N) is 3. The van der Waals surface area contributed by atoms with Gasteiger partial charge in [-0.05, 0) is 25.7 Å². The first kappa shape index (κ1) is 13.6. The molecular weight excluding hydrogens is 218 g/mol. The van der Waals surface area contributed by atoms with Crippen LogP contribution in [0.5, 0.6) is 0 Å². The van der Waals surface area contributed by atoms with Crippen LogP contribution in [0.4, 0.5) is 0 Å². The van der Waals surface area contributed by atoms with Crippen LogP contribution in [0.2, 0.25) is 0 Å². The number of rotatable bonds is 6. The van der Waals surface area contributed by atoms with Crippen molar-refractivity contribution in [3.63, 3.8) is 0 Å². The van der Waals surface area contributed by atoms with Gasteiger partial charge in [0.05, 0.1) is 20.3 Å². The van der Waals surface area contributed by atoms with Gasteiger partial charge in [-0.2, -0.15) is 0 Å². The summed E-state index contributed by atoms with van der Waals surface area (Å²) in [7, 11) is 5.28. The Morgan fingerprint density at radius 1 is 1.41 bits per heavy atom. The maximum absolute atomic E-state index is 11.1. The highest BCUT2D eigenvalue weighted by molar-refractivity contribution is 5.71. The Kier molecular flexibility index (Phi) is 5.59. The molecule has 0 aliphatic rings. The van der Waals surface area contributed by atoms with Gasteiger partial charge in [0.2, 0.25) is 0 Å². The summed E-state index contributed by atoms with van der Waals surface area (Å²) in [4.78, 5) is 19.1. The van der Waals surface area contributed by atoms with Crippen LogP contribution in [0.3, 0.4) is 0 Å². The third-order valence-electron chi connectivity index (χ3n) is 2.28. The smallest absolute Gasteiger partial charge is 0.319 e. The summed E-state index contributed by atoms with van der Waals surface area (Å²) in [5.74, 6) is -0.220. The molecule has 5 heteroatoms. The molecule has 0 fully saturated rings. The summed E-state index contributed by atoms with van der Waals surface area (Å²) in [5, 5.41) is 0. The van der Waals surface area contributed by atoms with Gasteiger partial charge in [-0.1, -0.05) is 6.07 Å². The molecule has 1 heterocycles. The molecule has 0 N–H and O–H groups in total. The highest BCUT2D eigenvalue weighted by Gasteiger charge is 2.08. The summed E-state index contributed by atoms with van der Waals surface area (Å²) in [6, 6.07) is 3.95. The van der Waals surface area contributed by atoms with Gasteiger partial charge in [-0.15, -0.1) is 0 Å². The van der Waals surface area contributed by atoms with Crippen LogP contribution in [-0.4, -0.2) is 55.2 Å². The van der Waals surface area contributed by atoms with Crippen molar-refractivity contribution in [3.8, 4) is 0 Å². The summed E-state index contributed by atoms with van der Waals surface area (Å²) in [5.41, 5.74) is 1.15. The maximum Gasteiger partial charge on any atom is 0.319 e. The Morgan fingerprint density at radius 2 is 2.18 bits per heavy atom. The first-order valence-corrected chi connectivity index (χ1v) is 5.44. The van der Waals surface area contributed by atoms with E-state index in [9.17, 15) is 4.79 Å². The number of aromatic nitrogens is 1. The van der Waals surface area contributed by atoms with Gasteiger partial charge in [0.1, 0.15) is 0 Å². The fourth-order valence-corrected chi connectivity index (χ4v) is 1.60. The van der Waals surface area contributed by atoms with E-state index in [0.29, 0.717) is 13.2 Å². The van der Waals surface area contributed by atoms with Gasteiger partial charge in [-0.25, -0.2) is 0 Å². The van der Waals surface area contributed by atoms with E-state index < -0.39 is 0 Å². The number of pyridine rings is 1. The number of hydrogen-bond acceptors (Lipinski definition) is 5. The Morgan fingerprint density at radius 3 is 2.76 bits per heavy atom. The van der Waals surface area contributed by atoms with E-state index in [0.717, 1.165) is 12.1 Å². The summed E-state index contributed by atoms with van der Waals surface area (Å²) in [6.45, 7) is 1.80. The van der Waals surface area contributed by atoms with Crippen molar-refractivity contribution in [2.24, 2.45) is 0 Å². The predicted octanol–water partition coefficient (Wildman–Crippen LogP) is 0.576. The summed E-state index contributed by atoms with van der Waals surface area (Å²) in [6.07, 6.45) is 3.60. The van der Waals surface area contributed by atoms with Crippen LogP contribution in [0, 0.1) is 0 Å². The number of methoxy groups -OCH3 is 1. The lowest BCUT2D eigenvalue weighted by molar-refractivity contribution is -0.142.